The van der Waals surface area contributed by atoms with E-state index in [4.69, 9.17) is 4.99 Å². The molecule has 0 atom stereocenters. The molecule has 1 heterocycles. The molecular formula is C28H27N5O2. The standard InChI is InChI=1S/C28H27N5O2/c1-19(34)33(16-15-32(2)3)23-12-10-22(11-13-23)30-27(21-7-5-4-6-8-21)26-24-14-9-20(18-29)17-25(24)31-28(26)35/h4-14,17,31,35H,15-16H2,1-3H3. The number of nitrogens with one attached hydrogen (secondary N) is 1. The molecule has 4 rings (SSSR count). The number of H-pyrrole nitrogens is 1. The SMILES string of the molecule is CC(=O)N(CCN(C)C)c1ccc(N=C(c2ccccc2)c2c(O)[nH]c3cc(C#N)ccc23)cc1. The highest BCUT2D eigenvalue weighted by atomic mass is 16.3. The van der Waals surface area contributed by atoms with Crippen LogP contribution in [-0.4, -0.2) is 53.8 Å². The van der Waals surface area contributed by atoms with Crippen molar-refractivity contribution in [1.29, 1.82) is 5.26 Å². The number of fused-ring (bicyclic) bond motifs is 1. The van der Waals surface area contributed by atoms with Crippen LogP contribution >= 0.6 is 0 Å². The third-order valence-electron chi connectivity index (χ3n) is 5.75. The number of aromatic nitrogens is 1. The number of carbonyl (C=O) groups is 1. The lowest BCUT2D eigenvalue weighted by Gasteiger charge is -2.23. The number of anilines is 1. The van der Waals surface area contributed by atoms with Crippen molar-refractivity contribution in [3.8, 4) is 11.9 Å². The first-order valence-corrected chi connectivity index (χ1v) is 11.3. The van der Waals surface area contributed by atoms with Crippen molar-refractivity contribution < 1.29 is 9.90 Å². The van der Waals surface area contributed by atoms with Gasteiger partial charge >= 0.3 is 0 Å². The maximum absolute atomic E-state index is 12.2. The summed E-state index contributed by atoms with van der Waals surface area (Å²) in [6.07, 6.45) is 0. The molecule has 0 radical (unpaired) electrons. The zero-order valence-electron chi connectivity index (χ0n) is 20.0. The molecule has 1 aromatic heterocycles. The van der Waals surface area contributed by atoms with Crippen molar-refractivity contribution in [2.24, 2.45) is 4.99 Å². The second-order valence-electron chi connectivity index (χ2n) is 8.54. The minimum absolute atomic E-state index is 0.0132. The lowest BCUT2D eigenvalue weighted by molar-refractivity contribution is -0.116. The van der Waals surface area contributed by atoms with E-state index < -0.39 is 0 Å². The molecular weight excluding hydrogens is 438 g/mol. The molecule has 4 aromatic rings. The van der Waals surface area contributed by atoms with Gasteiger partial charge in [0.2, 0.25) is 5.91 Å². The van der Waals surface area contributed by atoms with Crippen molar-refractivity contribution in [3.05, 3.63) is 89.5 Å². The fourth-order valence-corrected chi connectivity index (χ4v) is 3.96. The van der Waals surface area contributed by atoms with Crippen LogP contribution < -0.4 is 4.90 Å². The van der Waals surface area contributed by atoms with Crippen LogP contribution in [-0.2, 0) is 4.79 Å². The molecule has 176 valence electrons. The summed E-state index contributed by atoms with van der Waals surface area (Å²) in [7, 11) is 3.95. The van der Waals surface area contributed by atoms with Gasteiger partial charge in [-0.1, -0.05) is 36.4 Å². The van der Waals surface area contributed by atoms with Crippen LogP contribution in [0.15, 0.2) is 77.8 Å². The summed E-state index contributed by atoms with van der Waals surface area (Å²) in [5.74, 6) is -0.0331. The lowest BCUT2D eigenvalue weighted by atomic mass is 10.00. The van der Waals surface area contributed by atoms with Crippen molar-refractivity contribution in [1.82, 2.24) is 9.88 Å². The Morgan fingerprint density at radius 1 is 1.03 bits per heavy atom. The van der Waals surface area contributed by atoms with E-state index >= 15 is 0 Å². The topological polar surface area (TPSA) is 95.7 Å². The third-order valence-corrected chi connectivity index (χ3v) is 5.75. The van der Waals surface area contributed by atoms with E-state index in [0.717, 1.165) is 23.2 Å². The van der Waals surface area contributed by atoms with Gasteiger partial charge in [-0.2, -0.15) is 5.26 Å². The number of hydrogen-bond donors (Lipinski definition) is 2. The fourth-order valence-electron chi connectivity index (χ4n) is 3.96. The highest BCUT2D eigenvalue weighted by molar-refractivity contribution is 6.22. The summed E-state index contributed by atoms with van der Waals surface area (Å²) in [6.45, 7) is 2.91. The average Bonchev–Trinajstić information content (AvgIpc) is 3.18. The number of likely N-dealkylation sites (N-methyl/N-ethyl adjacent to an activating group) is 1. The number of aromatic amines is 1. The number of nitriles is 1. The van der Waals surface area contributed by atoms with Gasteiger partial charge in [-0.25, -0.2) is 4.99 Å². The Hall–Kier alpha value is -4.41. The highest BCUT2D eigenvalue weighted by Gasteiger charge is 2.19. The van der Waals surface area contributed by atoms with Crippen LogP contribution in [0.2, 0.25) is 0 Å². The van der Waals surface area contributed by atoms with Crippen molar-refractivity contribution in [2.45, 2.75) is 6.92 Å². The van der Waals surface area contributed by atoms with Crippen LogP contribution in [0.4, 0.5) is 11.4 Å². The van der Waals surface area contributed by atoms with Gasteiger partial charge < -0.3 is 19.9 Å². The molecule has 7 heteroatoms. The molecule has 0 saturated heterocycles. The van der Waals surface area contributed by atoms with Crippen molar-refractivity contribution >= 4 is 33.9 Å². The Morgan fingerprint density at radius 2 is 1.74 bits per heavy atom. The predicted molar refractivity (Wildman–Crippen MR) is 139 cm³/mol. The molecule has 0 spiro atoms. The molecule has 0 bridgehead atoms. The third kappa shape index (κ3) is 5.24. The summed E-state index contributed by atoms with van der Waals surface area (Å²) < 4.78 is 0. The quantitative estimate of drug-likeness (QED) is 0.382. The number of nitrogens with zero attached hydrogens (tertiary/aromatic N) is 4. The van der Waals surface area contributed by atoms with Crippen molar-refractivity contribution in [3.63, 3.8) is 0 Å². The van der Waals surface area contributed by atoms with E-state index in [1.165, 1.54) is 0 Å². The van der Waals surface area contributed by atoms with E-state index in [9.17, 15) is 15.2 Å². The molecule has 7 nitrogen and oxygen atoms in total. The summed E-state index contributed by atoms with van der Waals surface area (Å²) in [5.41, 5.74) is 4.66. The predicted octanol–water partition coefficient (Wildman–Crippen LogP) is 4.83. The van der Waals surface area contributed by atoms with Gasteiger partial charge in [-0.15, -0.1) is 0 Å². The zero-order chi connectivity index (χ0) is 24.9. The summed E-state index contributed by atoms with van der Waals surface area (Å²) in [4.78, 5) is 23.8. The monoisotopic (exact) mass is 465 g/mol. The number of benzene rings is 3. The first-order chi connectivity index (χ1) is 16.9. The van der Waals surface area contributed by atoms with E-state index in [2.05, 4.69) is 11.1 Å². The Labute approximate surface area is 204 Å². The number of hydrogen-bond acceptors (Lipinski definition) is 5. The van der Waals surface area contributed by atoms with Gasteiger partial charge in [0.15, 0.2) is 5.88 Å². The Morgan fingerprint density at radius 3 is 2.37 bits per heavy atom. The molecule has 0 aliphatic rings. The van der Waals surface area contributed by atoms with Crippen molar-refractivity contribution in [2.75, 3.05) is 32.1 Å². The first-order valence-electron chi connectivity index (χ1n) is 11.3. The second-order valence-corrected chi connectivity index (χ2v) is 8.54. The fraction of sp³-hybridized carbons (Fsp3) is 0.179. The molecule has 35 heavy (non-hydrogen) atoms. The van der Waals surface area contributed by atoms with Gasteiger partial charge in [-0.05, 0) is 50.5 Å². The number of carbonyl (C=O) groups excluding carboxylic acids is 1. The van der Waals surface area contributed by atoms with Gasteiger partial charge in [-0.3, -0.25) is 4.79 Å². The second kappa shape index (κ2) is 10.2. The van der Waals surface area contributed by atoms with E-state index in [1.54, 1.807) is 24.0 Å². The van der Waals surface area contributed by atoms with E-state index in [0.29, 0.717) is 34.6 Å². The van der Waals surface area contributed by atoms with Gasteiger partial charge in [0.25, 0.3) is 0 Å². The average molecular weight is 466 g/mol. The van der Waals surface area contributed by atoms with E-state index in [1.807, 2.05) is 79.7 Å². The number of aliphatic imine (C=N–C) groups is 1. The lowest BCUT2D eigenvalue weighted by Crippen LogP contribution is -2.35. The molecule has 0 aliphatic carbocycles. The maximum Gasteiger partial charge on any atom is 0.223 e. The Kier molecular flexibility index (Phi) is 6.95. The smallest absolute Gasteiger partial charge is 0.223 e. The number of aromatic hydroxyl groups is 1. The summed E-state index contributed by atoms with van der Waals surface area (Å²) in [5, 5.41) is 20.8. The summed E-state index contributed by atoms with van der Waals surface area (Å²) >= 11 is 0. The minimum atomic E-state index is -0.0199. The van der Waals surface area contributed by atoms with Crippen LogP contribution in [0.1, 0.15) is 23.6 Å². The molecule has 2 N–H and O–H groups in total. The van der Waals surface area contributed by atoms with Gasteiger partial charge in [0, 0.05) is 36.7 Å². The van der Waals surface area contributed by atoms with Gasteiger partial charge in [0.05, 0.1) is 34.1 Å². The molecule has 1 amide bonds. The van der Waals surface area contributed by atoms with Gasteiger partial charge in [0.1, 0.15) is 0 Å². The van der Waals surface area contributed by atoms with Crippen LogP contribution in [0.3, 0.4) is 0 Å². The first kappa shape index (κ1) is 23.7. The normalized spacial score (nSPS) is 11.6. The molecule has 0 unspecified atom stereocenters. The van der Waals surface area contributed by atoms with Crippen LogP contribution in [0.25, 0.3) is 10.9 Å². The maximum atomic E-state index is 12.2. The molecule has 0 saturated carbocycles. The van der Waals surface area contributed by atoms with Crippen LogP contribution in [0, 0.1) is 11.3 Å². The molecule has 3 aromatic carbocycles. The highest BCUT2D eigenvalue weighted by Crippen LogP contribution is 2.32. The molecule has 0 fully saturated rings. The minimum Gasteiger partial charge on any atom is -0.494 e. The zero-order valence-corrected chi connectivity index (χ0v) is 20.0. The number of rotatable bonds is 7. The Balaban J connectivity index is 1.78. The van der Waals surface area contributed by atoms with E-state index in [-0.39, 0.29) is 11.8 Å². The Bertz CT molecular complexity index is 1410. The van der Waals surface area contributed by atoms with Crippen LogP contribution in [0.5, 0.6) is 5.88 Å². The largest absolute Gasteiger partial charge is 0.494 e. The number of amides is 1. The molecule has 0 aliphatic heterocycles. The summed E-state index contributed by atoms with van der Waals surface area (Å²) in [6, 6.07) is 24.5.